The van der Waals surface area contributed by atoms with Crippen LogP contribution in [0.3, 0.4) is 0 Å². The number of carbonyl (C=O) groups excluding carboxylic acids is 1. The van der Waals surface area contributed by atoms with Crippen LogP contribution in [-0.4, -0.2) is 38.5 Å². The Morgan fingerprint density at radius 2 is 1.83 bits per heavy atom. The van der Waals surface area contributed by atoms with E-state index in [9.17, 15) is 4.79 Å². The summed E-state index contributed by atoms with van der Waals surface area (Å²) in [6, 6.07) is 5.89. The van der Waals surface area contributed by atoms with Gasteiger partial charge in [0.2, 0.25) is 0 Å². The van der Waals surface area contributed by atoms with Crippen molar-refractivity contribution in [2.75, 3.05) is 20.8 Å². The molecule has 1 aromatic rings. The molecule has 0 aromatic heterocycles. The summed E-state index contributed by atoms with van der Waals surface area (Å²) in [5.41, 5.74) is 0.590. The zero-order valence-corrected chi connectivity index (χ0v) is 14.9. The minimum Gasteiger partial charge on any atom is -0.493 e. The summed E-state index contributed by atoms with van der Waals surface area (Å²) in [7, 11) is 3.22. The lowest BCUT2D eigenvalue weighted by atomic mass is 10.2. The number of nitrogens with one attached hydrogen (secondary N) is 2. The molecule has 1 aromatic carbocycles. The van der Waals surface area contributed by atoms with E-state index < -0.39 is 11.7 Å². The molecule has 1 amide bonds. The molecule has 1 atom stereocenters. The van der Waals surface area contributed by atoms with Crippen LogP contribution in [0.4, 0.5) is 4.79 Å². The van der Waals surface area contributed by atoms with Crippen molar-refractivity contribution in [2.24, 2.45) is 0 Å². The molecule has 2 N–H and O–H groups in total. The smallest absolute Gasteiger partial charge is 0.407 e. The summed E-state index contributed by atoms with van der Waals surface area (Å²) >= 11 is 0. The van der Waals surface area contributed by atoms with E-state index in [-0.39, 0.29) is 6.04 Å². The maximum absolute atomic E-state index is 11.6. The van der Waals surface area contributed by atoms with Crippen molar-refractivity contribution in [1.82, 2.24) is 10.6 Å². The minimum atomic E-state index is -0.486. The number of rotatable bonds is 7. The predicted octanol–water partition coefficient (Wildman–Crippen LogP) is 2.71. The van der Waals surface area contributed by atoms with Crippen molar-refractivity contribution in [1.29, 1.82) is 0 Å². The van der Waals surface area contributed by atoms with Crippen molar-refractivity contribution in [3.8, 4) is 11.5 Å². The number of methoxy groups -OCH3 is 2. The van der Waals surface area contributed by atoms with Crippen molar-refractivity contribution in [3.63, 3.8) is 0 Å². The number of ether oxygens (including phenoxy) is 3. The molecule has 0 bridgehead atoms. The van der Waals surface area contributed by atoms with E-state index in [0.717, 1.165) is 5.56 Å². The molecule has 0 aliphatic rings. The predicted molar refractivity (Wildman–Crippen MR) is 90.1 cm³/mol. The van der Waals surface area contributed by atoms with Crippen LogP contribution in [-0.2, 0) is 11.3 Å². The second kappa shape index (κ2) is 8.62. The highest BCUT2D eigenvalue weighted by Crippen LogP contribution is 2.27. The first kappa shape index (κ1) is 19.1. The second-order valence-corrected chi connectivity index (χ2v) is 6.35. The lowest BCUT2D eigenvalue weighted by molar-refractivity contribution is 0.0523. The summed E-state index contributed by atoms with van der Waals surface area (Å²) in [6.07, 6.45) is -0.405. The molecule has 1 unspecified atom stereocenters. The SMILES string of the molecule is COc1ccc(CNC(C)CNC(=O)OC(C)(C)C)cc1OC. The zero-order chi connectivity index (χ0) is 17.5. The zero-order valence-electron chi connectivity index (χ0n) is 14.9. The van der Waals surface area contributed by atoms with E-state index in [1.54, 1.807) is 14.2 Å². The van der Waals surface area contributed by atoms with Gasteiger partial charge in [-0.15, -0.1) is 0 Å². The summed E-state index contributed by atoms with van der Waals surface area (Å²) in [6.45, 7) is 8.67. The van der Waals surface area contributed by atoms with Gasteiger partial charge in [-0.3, -0.25) is 0 Å². The average Bonchev–Trinajstić information content (AvgIpc) is 2.48. The van der Waals surface area contributed by atoms with Gasteiger partial charge in [0.05, 0.1) is 14.2 Å². The summed E-state index contributed by atoms with van der Waals surface area (Å²) in [4.78, 5) is 11.6. The van der Waals surface area contributed by atoms with Gasteiger partial charge in [0, 0.05) is 19.1 Å². The second-order valence-electron chi connectivity index (χ2n) is 6.35. The molecular formula is C17H28N2O4. The van der Waals surface area contributed by atoms with Crippen LogP contribution in [0.25, 0.3) is 0 Å². The van der Waals surface area contributed by atoms with Crippen LogP contribution in [0.2, 0.25) is 0 Å². The van der Waals surface area contributed by atoms with Gasteiger partial charge < -0.3 is 24.8 Å². The van der Waals surface area contributed by atoms with E-state index in [2.05, 4.69) is 10.6 Å². The highest BCUT2D eigenvalue weighted by Gasteiger charge is 2.16. The maximum atomic E-state index is 11.6. The fraction of sp³-hybridized carbons (Fsp3) is 0.588. The molecule has 23 heavy (non-hydrogen) atoms. The average molecular weight is 324 g/mol. The van der Waals surface area contributed by atoms with Gasteiger partial charge in [-0.1, -0.05) is 6.07 Å². The molecule has 0 fully saturated rings. The van der Waals surface area contributed by atoms with Gasteiger partial charge in [-0.2, -0.15) is 0 Å². The molecule has 0 saturated heterocycles. The molecule has 1 rings (SSSR count). The highest BCUT2D eigenvalue weighted by atomic mass is 16.6. The Morgan fingerprint density at radius 1 is 1.17 bits per heavy atom. The van der Waals surface area contributed by atoms with Crippen LogP contribution in [0.15, 0.2) is 18.2 Å². The molecule has 0 aliphatic carbocycles. The molecular weight excluding hydrogens is 296 g/mol. The molecule has 0 aliphatic heterocycles. The number of carbonyl (C=O) groups is 1. The van der Waals surface area contributed by atoms with Gasteiger partial charge in [-0.05, 0) is 45.4 Å². The van der Waals surface area contributed by atoms with Crippen LogP contribution < -0.4 is 20.1 Å². The van der Waals surface area contributed by atoms with Crippen molar-refractivity contribution >= 4 is 6.09 Å². The van der Waals surface area contributed by atoms with Crippen LogP contribution in [0.1, 0.15) is 33.3 Å². The summed E-state index contributed by atoms with van der Waals surface area (Å²) in [5.74, 6) is 1.40. The summed E-state index contributed by atoms with van der Waals surface area (Å²) in [5, 5.41) is 6.09. The summed E-state index contributed by atoms with van der Waals surface area (Å²) < 4.78 is 15.7. The van der Waals surface area contributed by atoms with Gasteiger partial charge in [0.25, 0.3) is 0 Å². The number of alkyl carbamates (subject to hydrolysis) is 1. The molecule has 6 nitrogen and oxygen atoms in total. The topological polar surface area (TPSA) is 68.8 Å². The normalized spacial score (nSPS) is 12.4. The van der Waals surface area contributed by atoms with Gasteiger partial charge in [0.15, 0.2) is 11.5 Å². The fourth-order valence-corrected chi connectivity index (χ4v) is 1.91. The molecule has 0 spiro atoms. The van der Waals surface area contributed by atoms with E-state index in [1.807, 2.05) is 45.9 Å². The van der Waals surface area contributed by atoms with Gasteiger partial charge in [0.1, 0.15) is 5.60 Å². The van der Waals surface area contributed by atoms with Crippen molar-refractivity contribution < 1.29 is 19.0 Å². The molecule has 0 saturated carbocycles. The number of benzene rings is 1. The Morgan fingerprint density at radius 3 is 2.39 bits per heavy atom. The Bertz CT molecular complexity index is 512. The first-order chi connectivity index (χ1) is 10.7. The minimum absolute atomic E-state index is 0.107. The van der Waals surface area contributed by atoms with E-state index in [0.29, 0.717) is 24.6 Å². The van der Waals surface area contributed by atoms with E-state index in [4.69, 9.17) is 14.2 Å². The Kier molecular flexibility index (Phi) is 7.16. The lowest BCUT2D eigenvalue weighted by Gasteiger charge is -2.21. The molecule has 130 valence electrons. The Labute approximate surface area is 138 Å². The van der Waals surface area contributed by atoms with Gasteiger partial charge >= 0.3 is 6.09 Å². The fourth-order valence-electron chi connectivity index (χ4n) is 1.91. The van der Waals surface area contributed by atoms with Crippen LogP contribution in [0, 0.1) is 0 Å². The largest absolute Gasteiger partial charge is 0.493 e. The molecule has 0 heterocycles. The van der Waals surface area contributed by atoms with Gasteiger partial charge in [-0.25, -0.2) is 4.79 Å². The first-order valence-electron chi connectivity index (χ1n) is 7.66. The maximum Gasteiger partial charge on any atom is 0.407 e. The third kappa shape index (κ3) is 7.23. The lowest BCUT2D eigenvalue weighted by Crippen LogP contribution is -2.40. The Hall–Kier alpha value is -1.95. The number of amides is 1. The van der Waals surface area contributed by atoms with Crippen molar-refractivity contribution in [3.05, 3.63) is 23.8 Å². The van der Waals surface area contributed by atoms with Crippen LogP contribution >= 0.6 is 0 Å². The standard InChI is InChI=1S/C17H28N2O4/c1-12(10-19-16(20)23-17(2,3)4)18-11-13-7-8-14(21-5)15(9-13)22-6/h7-9,12,18H,10-11H2,1-6H3,(H,19,20). The number of hydrogen-bond donors (Lipinski definition) is 2. The van der Waals surface area contributed by atoms with E-state index >= 15 is 0 Å². The van der Waals surface area contributed by atoms with Crippen LogP contribution in [0.5, 0.6) is 11.5 Å². The third-order valence-electron chi connectivity index (χ3n) is 3.05. The van der Waals surface area contributed by atoms with Crippen molar-refractivity contribution in [2.45, 2.75) is 45.9 Å². The monoisotopic (exact) mass is 324 g/mol. The molecule has 0 radical (unpaired) electrons. The quantitative estimate of drug-likeness (QED) is 0.807. The van der Waals surface area contributed by atoms with E-state index in [1.165, 1.54) is 0 Å². The molecule has 6 heteroatoms. The highest BCUT2D eigenvalue weighted by molar-refractivity contribution is 5.67. The Balaban J connectivity index is 2.41. The number of hydrogen-bond acceptors (Lipinski definition) is 5. The third-order valence-corrected chi connectivity index (χ3v) is 3.05. The first-order valence-corrected chi connectivity index (χ1v) is 7.66.